The van der Waals surface area contributed by atoms with Crippen molar-refractivity contribution in [2.75, 3.05) is 49.5 Å². The molecule has 2 aliphatic heterocycles. The Labute approximate surface area is 190 Å². The van der Waals surface area contributed by atoms with Gasteiger partial charge in [-0.1, -0.05) is 12.8 Å². The average Bonchev–Trinajstić information content (AvgIpc) is 3.32. The molecule has 1 aromatic rings. The van der Waals surface area contributed by atoms with Crippen molar-refractivity contribution in [2.45, 2.75) is 51.4 Å². The Kier molecular flexibility index (Phi) is 7.17. The monoisotopic (exact) mass is 441 g/mol. The summed E-state index contributed by atoms with van der Waals surface area (Å²) < 4.78 is 0. The maximum absolute atomic E-state index is 13.0. The minimum Gasteiger partial charge on any atom is -0.370 e. The van der Waals surface area contributed by atoms with Crippen molar-refractivity contribution >= 4 is 29.2 Å². The van der Waals surface area contributed by atoms with E-state index < -0.39 is 5.91 Å². The highest BCUT2D eigenvalue weighted by Crippen LogP contribution is 2.30. The molecule has 0 radical (unpaired) electrons. The highest BCUT2D eigenvalue weighted by atomic mass is 16.2. The number of nitrogens with zero attached hydrogens (tertiary/aromatic N) is 3. The predicted octanol–water partition coefficient (Wildman–Crippen LogP) is 3.03. The largest absolute Gasteiger partial charge is 0.370 e. The summed E-state index contributed by atoms with van der Waals surface area (Å²) in [6, 6.07) is 5.07. The van der Waals surface area contributed by atoms with E-state index in [1.807, 2.05) is 11.0 Å². The lowest BCUT2D eigenvalue weighted by molar-refractivity contribution is -0.133. The molecular weight excluding hydrogens is 406 g/mol. The van der Waals surface area contributed by atoms with E-state index in [1.165, 1.54) is 19.3 Å². The van der Waals surface area contributed by atoms with E-state index in [2.05, 4.69) is 10.2 Å². The minimum atomic E-state index is -0.514. The molecule has 4 amide bonds. The van der Waals surface area contributed by atoms with Gasteiger partial charge in [0, 0.05) is 51.3 Å². The zero-order chi connectivity index (χ0) is 22.5. The van der Waals surface area contributed by atoms with Gasteiger partial charge in [0.25, 0.3) is 0 Å². The number of rotatable bonds is 5. The number of hydrogen-bond acceptors (Lipinski definition) is 4. The summed E-state index contributed by atoms with van der Waals surface area (Å²) in [5.41, 5.74) is 7.39. The van der Waals surface area contributed by atoms with Crippen LogP contribution in [0.25, 0.3) is 0 Å². The Morgan fingerprint density at radius 3 is 2.19 bits per heavy atom. The summed E-state index contributed by atoms with van der Waals surface area (Å²) in [4.78, 5) is 43.2. The number of primary amides is 1. The summed E-state index contributed by atoms with van der Waals surface area (Å²) in [6.45, 7) is 4.02. The van der Waals surface area contributed by atoms with E-state index in [-0.39, 0.29) is 11.9 Å². The second-order valence-electron chi connectivity index (χ2n) is 9.30. The topological polar surface area (TPSA) is 99.0 Å². The standard InChI is InChI=1S/C24H35N5O3/c25-23(31)19-8-9-21(27-10-4-1-5-11-27)20(17-19)26-24(32)29-14-12-28(13-15-29)22(30)16-18-6-2-3-7-18/h8-9,17-18H,1-7,10-16H2,(H2,25,31)(H,26,32). The van der Waals surface area contributed by atoms with Crippen molar-refractivity contribution in [2.24, 2.45) is 11.7 Å². The van der Waals surface area contributed by atoms with Crippen LogP contribution in [0.15, 0.2) is 18.2 Å². The molecule has 2 heterocycles. The van der Waals surface area contributed by atoms with Crippen molar-refractivity contribution in [3.8, 4) is 0 Å². The zero-order valence-electron chi connectivity index (χ0n) is 18.9. The van der Waals surface area contributed by atoms with Gasteiger partial charge in [-0.15, -0.1) is 0 Å². The van der Waals surface area contributed by atoms with E-state index in [9.17, 15) is 14.4 Å². The molecule has 3 fully saturated rings. The number of nitrogens with two attached hydrogens (primary N) is 1. The van der Waals surface area contributed by atoms with Crippen molar-refractivity contribution in [3.63, 3.8) is 0 Å². The van der Waals surface area contributed by atoms with Crippen LogP contribution >= 0.6 is 0 Å². The molecule has 3 N–H and O–H groups in total. The third kappa shape index (κ3) is 5.34. The van der Waals surface area contributed by atoms with Crippen LogP contribution in [0.2, 0.25) is 0 Å². The number of urea groups is 1. The maximum Gasteiger partial charge on any atom is 0.322 e. The molecule has 174 valence electrons. The first-order valence-electron chi connectivity index (χ1n) is 12.0. The molecule has 1 aliphatic carbocycles. The fraction of sp³-hybridized carbons (Fsp3) is 0.625. The van der Waals surface area contributed by atoms with Crippen LogP contribution in [0.1, 0.15) is 61.7 Å². The molecule has 1 saturated carbocycles. The predicted molar refractivity (Wildman–Crippen MR) is 125 cm³/mol. The van der Waals surface area contributed by atoms with Gasteiger partial charge in [0.2, 0.25) is 11.8 Å². The number of piperazine rings is 1. The number of carbonyl (C=O) groups excluding carboxylic acids is 3. The molecule has 4 rings (SSSR count). The Hall–Kier alpha value is -2.77. The Morgan fingerprint density at radius 2 is 1.53 bits per heavy atom. The van der Waals surface area contributed by atoms with Crippen LogP contribution in [0.3, 0.4) is 0 Å². The number of benzene rings is 1. The zero-order valence-corrected chi connectivity index (χ0v) is 18.9. The van der Waals surface area contributed by atoms with Gasteiger partial charge in [0.1, 0.15) is 0 Å². The van der Waals surface area contributed by atoms with Gasteiger partial charge >= 0.3 is 6.03 Å². The van der Waals surface area contributed by atoms with Gasteiger partial charge in [-0.25, -0.2) is 4.79 Å². The van der Waals surface area contributed by atoms with Gasteiger partial charge < -0.3 is 25.8 Å². The molecule has 0 aromatic heterocycles. The van der Waals surface area contributed by atoms with Crippen LogP contribution in [0.4, 0.5) is 16.2 Å². The molecule has 3 aliphatic rings. The molecular formula is C24H35N5O3. The van der Waals surface area contributed by atoms with Crippen LogP contribution < -0.4 is 16.0 Å². The van der Waals surface area contributed by atoms with E-state index in [4.69, 9.17) is 5.73 Å². The third-order valence-electron chi connectivity index (χ3n) is 7.08. The van der Waals surface area contributed by atoms with E-state index in [0.717, 1.165) is 44.5 Å². The molecule has 32 heavy (non-hydrogen) atoms. The Morgan fingerprint density at radius 1 is 0.875 bits per heavy atom. The number of piperidine rings is 1. The molecule has 8 heteroatoms. The average molecular weight is 442 g/mol. The quantitative estimate of drug-likeness (QED) is 0.734. The van der Waals surface area contributed by atoms with Crippen molar-refractivity contribution < 1.29 is 14.4 Å². The van der Waals surface area contributed by atoms with Crippen molar-refractivity contribution in [3.05, 3.63) is 23.8 Å². The number of nitrogens with one attached hydrogen (secondary N) is 1. The highest BCUT2D eigenvalue weighted by molar-refractivity contribution is 5.99. The summed E-state index contributed by atoms with van der Waals surface area (Å²) in [5.74, 6) is 0.244. The van der Waals surface area contributed by atoms with Gasteiger partial charge in [0.15, 0.2) is 0 Å². The lowest BCUT2D eigenvalue weighted by Gasteiger charge is -2.36. The molecule has 1 aromatic carbocycles. The first-order chi connectivity index (χ1) is 15.5. The fourth-order valence-electron chi connectivity index (χ4n) is 5.14. The summed E-state index contributed by atoms with van der Waals surface area (Å²) in [5, 5.41) is 3.01. The van der Waals surface area contributed by atoms with Crippen LogP contribution in [-0.4, -0.2) is 66.9 Å². The molecule has 8 nitrogen and oxygen atoms in total. The van der Waals surface area contributed by atoms with Crippen molar-refractivity contribution in [1.82, 2.24) is 9.80 Å². The summed E-state index contributed by atoms with van der Waals surface area (Å²) >= 11 is 0. The highest BCUT2D eigenvalue weighted by Gasteiger charge is 2.27. The Balaban J connectivity index is 1.37. The molecule has 0 atom stereocenters. The SMILES string of the molecule is NC(=O)c1ccc(N2CCCCC2)c(NC(=O)N2CCN(C(=O)CC3CCCC3)CC2)c1. The van der Waals surface area contributed by atoms with Gasteiger partial charge in [-0.05, 0) is 56.2 Å². The van der Waals surface area contributed by atoms with Gasteiger partial charge in [0.05, 0.1) is 11.4 Å². The normalized spacial score (nSPS) is 19.8. The fourth-order valence-corrected chi connectivity index (χ4v) is 5.14. The molecule has 0 bridgehead atoms. The van der Waals surface area contributed by atoms with Gasteiger partial charge in [-0.2, -0.15) is 0 Å². The van der Waals surface area contributed by atoms with Crippen LogP contribution in [0, 0.1) is 5.92 Å². The first kappa shape index (κ1) is 22.4. The third-order valence-corrected chi connectivity index (χ3v) is 7.08. The first-order valence-corrected chi connectivity index (χ1v) is 12.0. The summed E-state index contributed by atoms with van der Waals surface area (Å²) in [7, 11) is 0. The smallest absolute Gasteiger partial charge is 0.322 e. The van der Waals surface area contributed by atoms with Gasteiger partial charge in [-0.3, -0.25) is 9.59 Å². The molecule has 0 unspecified atom stereocenters. The second-order valence-corrected chi connectivity index (χ2v) is 9.30. The minimum absolute atomic E-state index is 0.201. The van der Waals surface area contributed by atoms with E-state index in [1.54, 1.807) is 17.0 Å². The van der Waals surface area contributed by atoms with E-state index >= 15 is 0 Å². The Bertz CT molecular complexity index is 838. The lowest BCUT2D eigenvalue weighted by Crippen LogP contribution is -2.52. The number of carbonyl (C=O) groups is 3. The van der Waals surface area contributed by atoms with Crippen LogP contribution in [0.5, 0.6) is 0 Å². The van der Waals surface area contributed by atoms with Crippen molar-refractivity contribution in [1.29, 1.82) is 0 Å². The number of anilines is 2. The van der Waals surface area contributed by atoms with Crippen LogP contribution in [-0.2, 0) is 4.79 Å². The van der Waals surface area contributed by atoms with E-state index in [0.29, 0.717) is 49.8 Å². The number of hydrogen-bond donors (Lipinski definition) is 2. The summed E-state index contributed by atoms with van der Waals surface area (Å²) in [6.07, 6.45) is 8.89. The molecule has 0 spiro atoms. The molecule has 2 saturated heterocycles. The lowest BCUT2D eigenvalue weighted by atomic mass is 10.0. The maximum atomic E-state index is 13.0. The second kappa shape index (κ2) is 10.2. The number of amides is 4.